The Morgan fingerprint density at radius 3 is 3.07 bits per heavy atom. The van der Waals surface area contributed by atoms with Crippen molar-refractivity contribution >= 4 is 22.8 Å². The van der Waals surface area contributed by atoms with Gasteiger partial charge in [-0.05, 0) is 19.1 Å². The Balaban J connectivity index is 2.57. The van der Waals surface area contributed by atoms with E-state index in [0.717, 1.165) is 11.3 Å². The summed E-state index contributed by atoms with van der Waals surface area (Å²) in [4.78, 5) is 4.18. The van der Waals surface area contributed by atoms with E-state index < -0.39 is 6.10 Å². The molecule has 80 valence electrons. The zero-order valence-electron chi connectivity index (χ0n) is 8.31. The monoisotopic (exact) mass is 225 g/mol. The van der Waals surface area contributed by atoms with E-state index in [1.807, 2.05) is 4.40 Å². The number of aliphatic hydroxyl groups is 1. The number of nitrogen functional groups attached to an aromatic ring is 1. The summed E-state index contributed by atoms with van der Waals surface area (Å²) in [5.41, 5.74) is 7.07. The number of fused-ring (bicyclic) bond motifs is 1. The highest BCUT2D eigenvalue weighted by Gasteiger charge is 2.11. The second kappa shape index (κ2) is 3.72. The van der Waals surface area contributed by atoms with Crippen molar-refractivity contribution in [2.75, 3.05) is 5.73 Å². The van der Waals surface area contributed by atoms with Crippen LogP contribution < -0.4 is 5.73 Å². The zero-order chi connectivity index (χ0) is 11.0. The molecule has 0 radical (unpaired) electrons. The minimum absolute atomic E-state index is 0.415. The molecular weight excluding hydrogens is 214 g/mol. The number of rotatable bonds is 2. The van der Waals surface area contributed by atoms with Gasteiger partial charge in [-0.3, -0.25) is 0 Å². The maximum Gasteiger partial charge on any atom is 0.155 e. The molecule has 0 fully saturated rings. The van der Waals surface area contributed by atoms with Crippen LogP contribution >= 0.6 is 11.6 Å². The van der Waals surface area contributed by atoms with Crippen LogP contribution in [-0.2, 0) is 6.42 Å². The summed E-state index contributed by atoms with van der Waals surface area (Å²) in [6.07, 6.45) is 1.84. The zero-order valence-corrected chi connectivity index (χ0v) is 9.07. The lowest BCUT2D eigenvalue weighted by Gasteiger charge is -2.03. The predicted octanol–water partition coefficient (Wildman–Crippen LogP) is 1.49. The Morgan fingerprint density at radius 1 is 1.67 bits per heavy atom. The lowest BCUT2D eigenvalue weighted by atomic mass is 10.3. The highest BCUT2D eigenvalue weighted by atomic mass is 35.5. The van der Waals surface area contributed by atoms with Crippen molar-refractivity contribution in [1.29, 1.82) is 0 Å². The fourth-order valence-corrected chi connectivity index (χ4v) is 1.78. The van der Waals surface area contributed by atoms with Gasteiger partial charge in [0.25, 0.3) is 0 Å². The van der Waals surface area contributed by atoms with Crippen molar-refractivity contribution in [3.05, 3.63) is 29.3 Å². The molecule has 3 N–H and O–H groups in total. The molecule has 0 aromatic carbocycles. The summed E-state index contributed by atoms with van der Waals surface area (Å²) in [5, 5.41) is 9.72. The Bertz CT molecular complexity index is 493. The van der Waals surface area contributed by atoms with E-state index in [0.29, 0.717) is 17.3 Å². The van der Waals surface area contributed by atoms with Crippen LogP contribution in [0.5, 0.6) is 0 Å². The van der Waals surface area contributed by atoms with Gasteiger partial charge in [0.05, 0.1) is 11.6 Å². The molecule has 1 atom stereocenters. The number of pyridine rings is 1. The van der Waals surface area contributed by atoms with Gasteiger partial charge in [0.2, 0.25) is 0 Å². The van der Waals surface area contributed by atoms with Crippen molar-refractivity contribution in [3.8, 4) is 0 Å². The molecule has 2 heterocycles. The van der Waals surface area contributed by atoms with Crippen molar-refractivity contribution in [3.63, 3.8) is 0 Å². The van der Waals surface area contributed by atoms with Crippen LogP contribution in [0, 0.1) is 0 Å². The van der Waals surface area contributed by atoms with Gasteiger partial charge in [-0.15, -0.1) is 0 Å². The van der Waals surface area contributed by atoms with Crippen LogP contribution in [0.25, 0.3) is 5.52 Å². The third kappa shape index (κ3) is 1.91. The maximum atomic E-state index is 9.31. The van der Waals surface area contributed by atoms with E-state index in [9.17, 15) is 5.11 Å². The fraction of sp³-hybridized carbons (Fsp3) is 0.300. The molecule has 0 bridgehead atoms. The molecule has 5 heteroatoms. The average molecular weight is 226 g/mol. The second-order valence-corrected chi connectivity index (χ2v) is 3.95. The lowest BCUT2D eigenvalue weighted by Crippen LogP contribution is -2.07. The number of hydrogen-bond acceptors (Lipinski definition) is 3. The van der Waals surface area contributed by atoms with Crippen LogP contribution in [0.15, 0.2) is 18.3 Å². The van der Waals surface area contributed by atoms with E-state index in [1.165, 1.54) is 0 Å². The van der Waals surface area contributed by atoms with E-state index in [2.05, 4.69) is 4.98 Å². The average Bonchev–Trinajstić information content (AvgIpc) is 2.42. The number of aliphatic hydroxyl groups excluding tert-OH is 1. The number of halogens is 1. The van der Waals surface area contributed by atoms with Gasteiger partial charge >= 0.3 is 0 Å². The summed E-state index contributed by atoms with van der Waals surface area (Å²) in [6, 6.07) is 3.54. The Labute approximate surface area is 92.3 Å². The molecule has 1 unspecified atom stereocenters. The smallest absolute Gasteiger partial charge is 0.155 e. The number of nitrogens with two attached hydrogens (primary N) is 1. The van der Waals surface area contributed by atoms with Gasteiger partial charge in [0.1, 0.15) is 5.82 Å². The highest BCUT2D eigenvalue weighted by molar-refractivity contribution is 6.32. The third-order valence-corrected chi connectivity index (χ3v) is 2.45. The van der Waals surface area contributed by atoms with Crippen LogP contribution in [0.1, 0.15) is 12.7 Å². The van der Waals surface area contributed by atoms with Crippen LogP contribution in [0.2, 0.25) is 5.15 Å². The number of hydrogen-bond donors (Lipinski definition) is 2. The van der Waals surface area contributed by atoms with Gasteiger partial charge in [0.15, 0.2) is 5.15 Å². The molecule has 4 nitrogen and oxygen atoms in total. The van der Waals surface area contributed by atoms with Crippen molar-refractivity contribution < 1.29 is 5.11 Å². The Morgan fingerprint density at radius 2 is 2.40 bits per heavy atom. The Kier molecular flexibility index (Phi) is 2.54. The second-order valence-electron chi connectivity index (χ2n) is 3.59. The lowest BCUT2D eigenvalue weighted by molar-refractivity contribution is 0.192. The highest BCUT2D eigenvalue weighted by Crippen LogP contribution is 2.21. The molecule has 2 aromatic heterocycles. The molecule has 2 rings (SSSR count). The summed E-state index contributed by atoms with van der Waals surface area (Å²) >= 11 is 5.96. The fourth-order valence-electron chi connectivity index (χ4n) is 1.53. The molecule has 0 aliphatic carbocycles. The third-order valence-electron chi connectivity index (χ3n) is 2.17. The van der Waals surface area contributed by atoms with Gasteiger partial charge in [-0.2, -0.15) is 0 Å². The Hall–Kier alpha value is -1.26. The van der Waals surface area contributed by atoms with Crippen molar-refractivity contribution in [1.82, 2.24) is 9.38 Å². The topological polar surface area (TPSA) is 63.5 Å². The SMILES string of the molecule is CC(O)Cc1nc(Cl)c2cc(N)ccn12. The summed E-state index contributed by atoms with van der Waals surface area (Å²) < 4.78 is 1.84. The first-order valence-corrected chi connectivity index (χ1v) is 5.05. The molecule has 2 aromatic rings. The van der Waals surface area contributed by atoms with Gasteiger partial charge in [-0.1, -0.05) is 11.6 Å². The molecule has 0 saturated carbocycles. The van der Waals surface area contributed by atoms with E-state index >= 15 is 0 Å². The van der Waals surface area contributed by atoms with Crippen molar-refractivity contribution in [2.24, 2.45) is 0 Å². The van der Waals surface area contributed by atoms with Crippen molar-refractivity contribution in [2.45, 2.75) is 19.4 Å². The molecule has 0 saturated heterocycles. The number of nitrogens with zero attached hydrogens (tertiary/aromatic N) is 2. The number of imidazole rings is 1. The maximum absolute atomic E-state index is 9.31. The quantitative estimate of drug-likeness (QED) is 0.814. The van der Waals surface area contributed by atoms with E-state index in [4.69, 9.17) is 17.3 Å². The number of aromatic nitrogens is 2. The first-order chi connectivity index (χ1) is 7.08. The molecular formula is C10H12ClN3O. The predicted molar refractivity (Wildman–Crippen MR) is 60.0 cm³/mol. The van der Waals surface area contributed by atoms with Gasteiger partial charge in [0, 0.05) is 18.3 Å². The first kappa shape index (κ1) is 10.3. The summed E-state index contributed by atoms with van der Waals surface area (Å²) in [5.74, 6) is 0.741. The standard InChI is InChI=1S/C10H12ClN3O/c1-6(15)4-9-13-10(11)8-5-7(12)2-3-14(8)9/h2-3,5-6,15H,4,12H2,1H3. The van der Waals surface area contributed by atoms with E-state index in [1.54, 1.807) is 25.3 Å². The van der Waals surface area contributed by atoms with Crippen LogP contribution in [0.4, 0.5) is 5.69 Å². The largest absolute Gasteiger partial charge is 0.399 e. The minimum Gasteiger partial charge on any atom is -0.399 e. The molecule has 0 aliphatic rings. The normalized spacial score (nSPS) is 13.3. The first-order valence-electron chi connectivity index (χ1n) is 4.68. The van der Waals surface area contributed by atoms with E-state index in [-0.39, 0.29) is 0 Å². The summed E-state index contributed by atoms with van der Waals surface area (Å²) in [7, 11) is 0. The summed E-state index contributed by atoms with van der Waals surface area (Å²) in [6.45, 7) is 1.71. The molecule has 15 heavy (non-hydrogen) atoms. The van der Waals surface area contributed by atoms with Gasteiger partial charge in [-0.25, -0.2) is 4.98 Å². The molecule has 0 spiro atoms. The molecule has 0 amide bonds. The van der Waals surface area contributed by atoms with Gasteiger partial charge < -0.3 is 15.2 Å². The van der Waals surface area contributed by atoms with Crippen LogP contribution in [-0.4, -0.2) is 20.6 Å². The molecule has 0 aliphatic heterocycles. The van der Waals surface area contributed by atoms with Crippen LogP contribution in [0.3, 0.4) is 0 Å². The number of anilines is 1. The minimum atomic E-state index is -0.441.